The molecule has 2 atom stereocenters. The number of nitrogens with zero attached hydrogens (tertiary/aromatic N) is 1. The van der Waals surface area contributed by atoms with Crippen LogP contribution in [0.2, 0.25) is 0 Å². The van der Waals surface area contributed by atoms with Crippen LogP contribution in [0.1, 0.15) is 43.1 Å². The first kappa shape index (κ1) is 20.9. The lowest BCUT2D eigenvalue weighted by atomic mass is 9.65. The Bertz CT molecular complexity index is 1170. The number of halogens is 1. The van der Waals surface area contributed by atoms with Gasteiger partial charge in [-0.05, 0) is 73.1 Å². The van der Waals surface area contributed by atoms with Crippen molar-refractivity contribution in [2.75, 3.05) is 6.61 Å². The van der Waals surface area contributed by atoms with E-state index in [0.717, 1.165) is 40.7 Å². The van der Waals surface area contributed by atoms with E-state index in [-0.39, 0.29) is 11.4 Å². The molecule has 0 aromatic heterocycles. The van der Waals surface area contributed by atoms with E-state index in [2.05, 4.69) is 32.0 Å². The summed E-state index contributed by atoms with van der Waals surface area (Å²) in [7, 11) is 0. The Labute approximate surface area is 188 Å². The standard InChI is InChI=1S/C28H28FNO2/c1-27(2)18-32-26(30-27)28(17-19-7-4-3-5-8-19)14-13-22-15-21(11-12-24(22)25(28)31)20-9-6-10-23(29)16-20/h3-12,15-16,25,31H,13-14,17-18H2,1-2H3. The van der Waals surface area contributed by atoms with E-state index in [0.29, 0.717) is 18.9 Å². The molecular formula is C28H28FNO2. The summed E-state index contributed by atoms with van der Waals surface area (Å²) in [6, 6.07) is 22.9. The Balaban J connectivity index is 1.56. The third-order valence-corrected chi connectivity index (χ3v) is 6.71. The van der Waals surface area contributed by atoms with E-state index >= 15 is 0 Å². The molecule has 2 unspecified atom stereocenters. The second-order valence-electron chi connectivity index (χ2n) is 9.66. The molecule has 1 aliphatic heterocycles. The minimum absolute atomic E-state index is 0.249. The molecule has 3 aromatic rings. The molecule has 3 nitrogen and oxygen atoms in total. The van der Waals surface area contributed by atoms with Crippen LogP contribution >= 0.6 is 0 Å². The minimum Gasteiger partial charge on any atom is -0.478 e. The zero-order valence-electron chi connectivity index (χ0n) is 18.5. The fourth-order valence-electron chi connectivity index (χ4n) is 5.01. The van der Waals surface area contributed by atoms with Crippen LogP contribution in [0.5, 0.6) is 0 Å². The van der Waals surface area contributed by atoms with Crippen molar-refractivity contribution in [1.82, 2.24) is 0 Å². The number of hydrogen-bond acceptors (Lipinski definition) is 3. The summed E-state index contributed by atoms with van der Waals surface area (Å²) in [5.41, 5.74) is 4.06. The predicted octanol–water partition coefficient (Wildman–Crippen LogP) is 5.91. The molecule has 4 heteroatoms. The van der Waals surface area contributed by atoms with Crippen molar-refractivity contribution in [1.29, 1.82) is 0 Å². The average molecular weight is 430 g/mol. The molecule has 3 aromatic carbocycles. The van der Waals surface area contributed by atoms with E-state index in [1.54, 1.807) is 12.1 Å². The summed E-state index contributed by atoms with van der Waals surface area (Å²) >= 11 is 0. The maximum Gasteiger partial charge on any atom is 0.193 e. The fourth-order valence-corrected chi connectivity index (χ4v) is 5.01. The van der Waals surface area contributed by atoms with E-state index in [9.17, 15) is 9.50 Å². The van der Waals surface area contributed by atoms with Gasteiger partial charge in [-0.2, -0.15) is 0 Å². The average Bonchev–Trinajstić information content (AvgIpc) is 3.16. The second kappa shape index (κ2) is 7.86. The molecule has 1 N–H and O–H groups in total. The summed E-state index contributed by atoms with van der Waals surface area (Å²) in [6.45, 7) is 4.65. The highest BCUT2D eigenvalue weighted by molar-refractivity contribution is 5.86. The highest BCUT2D eigenvalue weighted by Crippen LogP contribution is 2.49. The molecule has 2 aliphatic rings. The largest absolute Gasteiger partial charge is 0.478 e. The van der Waals surface area contributed by atoms with E-state index in [1.807, 2.05) is 36.4 Å². The van der Waals surface area contributed by atoms with Crippen LogP contribution in [0.4, 0.5) is 4.39 Å². The topological polar surface area (TPSA) is 41.8 Å². The molecule has 0 fully saturated rings. The van der Waals surface area contributed by atoms with Gasteiger partial charge in [0.25, 0.3) is 0 Å². The molecule has 0 amide bonds. The second-order valence-corrected chi connectivity index (χ2v) is 9.66. The summed E-state index contributed by atoms with van der Waals surface area (Å²) in [5, 5.41) is 11.7. The first-order valence-corrected chi connectivity index (χ1v) is 11.2. The maximum absolute atomic E-state index is 13.7. The lowest BCUT2D eigenvalue weighted by Crippen LogP contribution is -2.43. The third-order valence-electron chi connectivity index (χ3n) is 6.71. The van der Waals surface area contributed by atoms with Gasteiger partial charge in [0, 0.05) is 0 Å². The smallest absolute Gasteiger partial charge is 0.193 e. The Kier molecular flexibility index (Phi) is 5.13. The number of fused-ring (bicyclic) bond motifs is 1. The summed E-state index contributed by atoms with van der Waals surface area (Å²) in [6.07, 6.45) is 1.46. The first-order valence-electron chi connectivity index (χ1n) is 11.2. The Morgan fingerprint density at radius 3 is 2.50 bits per heavy atom. The Morgan fingerprint density at radius 2 is 1.78 bits per heavy atom. The van der Waals surface area contributed by atoms with Crippen LogP contribution < -0.4 is 0 Å². The van der Waals surface area contributed by atoms with Crippen LogP contribution in [0.25, 0.3) is 11.1 Å². The fraction of sp³-hybridized carbons (Fsp3) is 0.321. The molecule has 0 radical (unpaired) electrons. The molecule has 32 heavy (non-hydrogen) atoms. The zero-order valence-corrected chi connectivity index (χ0v) is 18.5. The van der Waals surface area contributed by atoms with Crippen molar-refractivity contribution in [2.24, 2.45) is 10.4 Å². The van der Waals surface area contributed by atoms with Gasteiger partial charge < -0.3 is 9.84 Å². The van der Waals surface area contributed by atoms with Crippen molar-refractivity contribution >= 4 is 5.90 Å². The number of ether oxygens (including phenoxy) is 1. The number of aliphatic hydroxyl groups excluding tert-OH is 1. The zero-order chi connectivity index (χ0) is 22.3. The minimum atomic E-state index is -0.735. The van der Waals surface area contributed by atoms with Gasteiger partial charge in [-0.3, -0.25) is 0 Å². The van der Waals surface area contributed by atoms with Crippen molar-refractivity contribution in [3.63, 3.8) is 0 Å². The van der Waals surface area contributed by atoms with Gasteiger partial charge in [0.05, 0.1) is 17.1 Å². The van der Waals surface area contributed by atoms with Gasteiger partial charge in [-0.15, -0.1) is 0 Å². The van der Waals surface area contributed by atoms with Crippen LogP contribution in [0, 0.1) is 11.2 Å². The number of aliphatic hydroxyl groups is 1. The lowest BCUT2D eigenvalue weighted by Gasteiger charge is -2.42. The van der Waals surface area contributed by atoms with Crippen LogP contribution in [0.3, 0.4) is 0 Å². The van der Waals surface area contributed by atoms with Gasteiger partial charge in [0.1, 0.15) is 12.4 Å². The molecule has 1 aliphatic carbocycles. The molecular weight excluding hydrogens is 401 g/mol. The third kappa shape index (κ3) is 3.73. The van der Waals surface area contributed by atoms with Gasteiger partial charge in [0.2, 0.25) is 0 Å². The number of aryl methyl sites for hydroxylation is 1. The number of rotatable bonds is 4. The predicted molar refractivity (Wildman–Crippen MR) is 125 cm³/mol. The molecule has 0 saturated carbocycles. The molecule has 1 heterocycles. The quantitative estimate of drug-likeness (QED) is 0.560. The van der Waals surface area contributed by atoms with Crippen LogP contribution in [0.15, 0.2) is 77.8 Å². The number of aliphatic imine (C=N–C) groups is 1. The number of benzene rings is 3. The molecule has 5 rings (SSSR count). The van der Waals surface area contributed by atoms with Gasteiger partial charge >= 0.3 is 0 Å². The maximum atomic E-state index is 13.7. The van der Waals surface area contributed by atoms with E-state index in [4.69, 9.17) is 9.73 Å². The Morgan fingerprint density at radius 1 is 1.00 bits per heavy atom. The monoisotopic (exact) mass is 429 g/mol. The lowest BCUT2D eigenvalue weighted by molar-refractivity contribution is 0.0400. The highest BCUT2D eigenvalue weighted by Gasteiger charge is 2.50. The van der Waals surface area contributed by atoms with Crippen LogP contribution in [-0.4, -0.2) is 23.2 Å². The van der Waals surface area contributed by atoms with Gasteiger partial charge in [-0.25, -0.2) is 9.38 Å². The first-order chi connectivity index (χ1) is 15.4. The highest BCUT2D eigenvalue weighted by atomic mass is 19.1. The van der Waals surface area contributed by atoms with Crippen LogP contribution in [-0.2, 0) is 17.6 Å². The normalized spacial score (nSPS) is 23.9. The van der Waals surface area contributed by atoms with Crippen molar-refractivity contribution < 1.29 is 14.2 Å². The van der Waals surface area contributed by atoms with Crippen molar-refractivity contribution in [3.8, 4) is 11.1 Å². The van der Waals surface area contributed by atoms with E-state index < -0.39 is 11.5 Å². The van der Waals surface area contributed by atoms with Gasteiger partial charge in [0.15, 0.2) is 5.90 Å². The summed E-state index contributed by atoms with van der Waals surface area (Å²) in [4.78, 5) is 4.90. The summed E-state index contributed by atoms with van der Waals surface area (Å²) in [5.74, 6) is 0.417. The summed E-state index contributed by atoms with van der Waals surface area (Å²) < 4.78 is 19.9. The molecule has 164 valence electrons. The van der Waals surface area contributed by atoms with Crippen molar-refractivity contribution in [3.05, 3.63) is 95.3 Å². The van der Waals surface area contributed by atoms with E-state index in [1.165, 1.54) is 6.07 Å². The SMILES string of the molecule is CC1(C)COC(C2(Cc3ccccc3)CCc3cc(-c4cccc(F)c4)ccc3C2O)=N1. The molecule has 0 bridgehead atoms. The van der Waals surface area contributed by atoms with Gasteiger partial charge in [-0.1, -0.05) is 60.7 Å². The number of hydrogen-bond donors (Lipinski definition) is 1. The van der Waals surface area contributed by atoms with Crippen molar-refractivity contribution in [2.45, 2.75) is 44.8 Å². The molecule has 0 spiro atoms. The Hall–Kier alpha value is -2.98. The molecule has 0 saturated heterocycles.